The summed E-state index contributed by atoms with van der Waals surface area (Å²) in [7, 11) is -1.77. The highest BCUT2D eigenvalue weighted by molar-refractivity contribution is 9.10. The van der Waals surface area contributed by atoms with E-state index in [0.29, 0.717) is 13.2 Å². The van der Waals surface area contributed by atoms with Gasteiger partial charge >= 0.3 is 0 Å². The smallest absolute Gasteiger partial charge is 0.192 e. The number of halogens is 1. The molecule has 1 aliphatic heterocycles. The third-order valence-corrected chi connectivity index (χ3v) is 9.38. The van der Waals surface area contributed by atoms with Gasteiger partial charge in [0.1, 0.15) is 0 Å². The van der Waals surface area contributed by atoms with Crippen molar-refractivity contribution in [1.29, 1.82) is 0 Å². The van der Waals surface area contributed by atoms with E-state index >= 15 is 0 Å². The van der Waals surface area contributed by atoms with Crippen molar-refractivity contribution < 1.29 is 9.16 Å². The Morgan fingerprint density at radius 2 is 2.00 bits per heavy atom. The Hall–Kier alpha value is -0.233. The first-order valence-corrected chi connectivity index (χ1v) is 10.8. The summed E-state index contributed by atoms with van der Waals surface area (Å²) in [5.74, 6) is 0.247. The van der Waals surface area contributed by atoms with Crippen molar-refractivity contribution >= 4 is 24.2 Å². The van der Waals surface area contributed by atoms with Gasteiger partial charge in [-0.05, 0) is 46.2 Å². The molecule has 1 saturated heterocycles. The number of hydrogen-bond donors (Lipinski definition) is 0. The molecular weight excluding hydrogens is 334 g/mol. The Labute approximate surface area is 131 Å². The predicted molar refractivity (Wildman–Crippen MR) is 87.6 cm³/mol. The molecule has 0 radical (unpaired) electrons. The number of pyridine rings is 1. The normalized spacial score (nSPS) is 24.1. The van der Waals surface area contributed by atoms with E-state index < -0.39 is 8.32 Å². The summed E-state index contributed by atoms with van der Waals surface area (Å²) >= 11 is 3.43. The Bertz CT molecular complexity index is 456. The van der Waals surface area contributed by atoms with Gasteiger partial charge in [0.2, 0.25) is 0 Å². The zero-order valence-corrected chi connectivity index (χ0v) is 15.5. The van der Waals surface area contributed by atoms with E-state index in [1.807, 2.05) is 12.3 Å². The molecule has 1 fully saturated rings. The molecule has 1 aromatic rings. The molecule has 3 nitrogen and oxygen atoms in total. The monoisotopic (exact) mass is 357 g/mol. The zero-order valence-electron chi connectivity index (χ0n) is 12.9. The van der Waals surface area contributed by atoms with E-state index in [1.54, 1.807) is 0 Å². The van der Waals surface area contributed by atoms with Crippen molar-refractivity contribution in [2.45, 2.75) is 50.9 Å². The van der Waals surface area contributed by atoms with Gasteiger partial charge in [-0.3, -0.25) is 4.98 Å². The summed E-state index contributed by atoms with van der Waals surface area (Å²) in [5.41, 5.74) is 1.06. The largest absolute Gasteiger partial charge is 0.411 e. The van der Waals surface area contributed by atoms with Crippen LogP contribution in [0.1, 0.15) is 32.4 Å². The lowest BCUT2D eigenvalue weighted by atomic mass is 10.0. The van der Waals surface area contributed by atoms with Crippen LogP contribution in [0, 0.1) is 0 Å². The summed E-state index contributed by atoms with van der Waals surface area (Å²) in [6, 6.07) is 4.09. The van der Waals surface area contributed by atoms with Gasteiger partial charge in [-0.15, -0.1) is 0 Å². The van der Waals surface area contributed by atoms with Gasteiger partial charge in [0.25, 0.3) is 0 Å². The van der Waals surface area contributed by atoms with Gasteiger partial charge in [0.15, 0.2) is 8.32 Å². The average molecular weight is 358 g/mol. The molecule has 0 aromatic carbocycles. The fraction of sp³-hybridized carbons (Fsp3) is 0.667. The van der Waals surface area contributed by atoms with Gasteiger partial charge in [0, 0.05) is 16.4 Å². The van der Waals surface area contributed by atoms with Crippen LogP contribution in [-0.2, 0) is 9.16 Å². The highest BCUT2D eigenvalue weighted by atomic mass is 79.9. The van der Waals surface area contributed by atoms with Crippen molar-refractivity contribution in [3.05, 3.63) is 28.5 Å². The van der Waals surface area contributed by atoms with Crippen molar-refractivity contribution in [2.24, 2.45) is 0 Å². The molecule has 20 heavy (non-hydrogen) atoms. The van der Waals surface area contributed by atoms with Crippen LogP contribution in [0.4, 0.5) is 0 Å². The van der Waals surface area contributed by atoms with Gasteiger partial charge in [-0.1, -0.05) is 20.8 Å². The first kappa shape index (κ1) is 16.1. The number of aromatic nitrogens is 1. The van der Waals surface area contributed by atoms with Gasteiger partial charge in [-0.2, -0.15) is 0 Å². The van der Waals surface area contributed by atoms with Crippen molar-refractivity contribution in [2.75, 3.05) is 13.2 Å². The third-order valence-electron chi connectivity index (χ3n) is 4.41. The summed E-state index contributed by atoms with van der Waals surface area (Å²) in [6.45, 7) is 12.8. The van der Waals surface area contributed by atoms with E-state index in [0.717, 1.165) is 10.2 Å². The Kier molecular flexibility index (Phi) is 4.74. The molecule has 1 aromatic heterocycles. The molecule has 112 valence electrons. The van der Waals surface area contributed by atoms with Gasteiger partial charge in [-0.25, -0.2) is 0 Å². The minimum absolute atomic E-state index is 0.129. The first-order valence-electron chi connectivity index (χ1n) is 7.08. The van der Waals surface area contributed by atoms with Crippen LogP contribution in [0.3, 0.4) is 0 Å². The second-order valence-corrected chi connectivity index (χ2v) is 12.6. The quantitative estimate of drug-likeness (QED) is 0.753. The second-order valence-electron chi connectivity index (χ2n) is 6.96. The topological polar surface area (TPSA) is 31.4 Å². The maximum absolute atomic E-state index is 6.52. The number of hydrogen-bond acceptors (Lipinski definition) is 3. The summed E-state index contributed by atoms with van der Waals surface area (Å²) in [6.07, 6.45) is 1.97. The minimum atomic E-state index is -1.77. The Morgan fingerprint density at radius 1 is 1.30 bits per heavy atom. The molecule has 0 N–H and O–H groups in total. The lowest BCUT2D eigenvalue weighted by molar-refractivity contribution is 0.130. The Balaban J connectivity index is 2.14. The van der Waals surface area contributed by atoms with Crippen LogP contribution in [0.25, 0.3) is 0 Å². The first-order chi connectivity index (χ1) is 9.21. The molecule has 1 aliphatic rings. The Morgan fingerprint density at radius 3 is 2.55 bits per heavy atom. The van der Waals surface area contributed by atoms with Gasteiger partial charge in [0.05, 0.1) is 25.2 Å². The van der Waals surface area contributed by atoms with Gasteiger partial charge < -0.3 is 9.16 Å². The molecule has 0 saturated carbocycles. The van der Waals surface area contributed by atoms with E-state index in [9.17, 15) is 0 Å². The van der Waals surface area contributed by atoms with Crippen LogP contribution in [0.5, 0.6) is 0 Å². The zero-order chi connectivity index (χ0) is 15.0. The van der Waals surface area contributed by atoms with E-state index in [4.69, 9.17) is 9.16 Å². The van der Waals surface area contributed by atoms with Crippen LogP contribution in [0.15, 0.2) is 22.8 Å². The van der Waals surface area contributed by atoms with Crippen molar-refractivity contribution in [3.63, 3.8) is 0 Å². The standard InChI is InChI=1S/C15H24BrNO2Si/c1-15(2,3)20(4,5)19-14-10-18-9-12(14)13-7-6-11(16)8-17-13/h6-8,12,14H,9-10H2,1-5H3. The van der Waals surface area contributed by atoms with E-state index in [-0.39, 0.29) is 17.1 Å². The number of nitrogens with zero attached hydrogens (tertiary/aromatic N) is 1. The molecule has 0 aliphatic carbocycles. The fourth-order valence-electron chi connectivity index (χ4n) is 2.09. The SMILES string of the molecule is CC(C)(C)[Si](C)(C)OC1COCC1c1ccc(Br)cn1. The fourth-order valence-corrected chi connectivity index (χ4v) is 3.67. The molecule has 2 rings (SSSR count). The molecule has 0 spiro atoms. The second kappa shape index (κ2) is 5.87. The molecule has 0 amide bonds. The van der Waals surface area contributed by atoms with E-state index in [1.165, 1.54) is 0 Å². The van der Waals surface area contributed by atoms with E-state index in [2.05, 4.69) is 60.8 Å². The maximum Gasteiger partial charge on any atom is 0.192 e. The lowest BCUT2D eigenvalue weighted by Gasteiger charge is -2.39. The molecule has 5 heteroatoms. The van der Waals surface area contributed by atoms with Crippen molar-refractivity contribution in [3.8, 4) is 0 Å². The molecule has 2 unspecified atom stereocenters. The summed E-state index contributed by atoms with van der Waals surface area (Å²) in [5, 5.41) is 0.216. The van der Waals surface area contributed by atoms with Crippen LogP contribution in [-0.4, -0.2) is 32.6 Å². The number of rotatable bonds is 3. The minimum Gasteiger partial charge on any atom is -0.411 e. The average Bonchev–Trinajstić information content (AvgIpc) is 2.76. The van der Waals surface area contributed by atoms with Crippen LogP contribution in [0.2, 0.25) is 18.1 Å². The predicted octanol–water partition coefficient (Wildman–Crippen LogP) is 4.35. The molecular formula is C15H24BrNO2Si. The lowest BCUT2D eigenvalue weighted by Crippen LogP contribution is -2.45. The number of ether oxygens (including phenoxy) is 1. The highest BCUT2D eigenvalue weighted by Crippen LogP contribution is 2.40. The van der Waals surface area contributed by atoms with Crippen molar-refractivity contribution in [1.82, 2.24) is 4.98 Å². The molecule has 0 bridgehead atoms. The summed E-state index contributed by atoms with van der Waals surface area (Å²) < 4.78 is 13.2. The summed E-state index contributed by atoms with van der Waals surface area (Å²) in [4.78, 5) is 4.51. The molecule has 2 atom stereocenters. The molecule has 2 heterocycles. The third kappa shape index (κ3) is 3.50. The van der Waals surface area contributed by atoms with Crippen LogP contribution >= 0.6 is 15.9 Å². The maximum atomic E-state index is 6.52. The highest BCUT2D eigenvalue weighted by Gasteiger charge is 2.43. The van der Waals surface area contributed by atoms with Crippen LogP contribution < -0.4 is 0 Å².